The van der Waals surface area contributed by atoms with Gasteiger partial charge in [-0.2, -0.15) is 0 Å². The second kappa shape index (κ2) is 8.96. The molecule has 1 aromatic carbocycles. The molecular weight excluding hydrogens is 422 g/mol. The van der Waals surface area contributed by atoms with Crippen LogP contribution in [-0.2, 0) is 17.6 Å². The standard InChI is InChI=1S/C22H26ClN3O3S/c1-26-12-8-15-4-5-17(14-16(15)9-13-26)24-21(28)29-22(10-2-3-11-22)25-20(27)18-6-7-19(23)30-18/h4-7,14H,2-3,8-13H2,1H3,(H,24,28)(H,25,27). The number of thiophene rings is 1. The maximum Gasteiger partial charge on any atom is 0.413 e. The first-order valence-corrected chi connectivity index (χ1v) is 11.5. The Balaban J connectivity index is 1.42. The van der Waals surface area contributed by atoms with E-state index in [2.05, 4.69) is 28.6 Å². The lowest BCUT2D eigenvalue weighted by atomic mass is 10.0. The molecule has 1 aliphatic carbocycles. The highest BCUT2D eigenvalue weighted by Crippen LogP contribution is 2.32. The molecule has 1 saturated carbocycles. The van der Waals surface area contributed by atoms with Gasteiger partial charge in [0, 0.05) is 31.6 Å². The quantitative estimate of drug-likeness (QED) is 0.667. The van der Waals surface area contributed by atoms with E-state index in [-0.39, 0.29) is 5.91 Å². The van der Waals surface area contributed by atoms with Gasteiger partial charge in [0.2, 0.25) is 0 Å². The molecule has 0 spiro atoms. The van der Waals surface area contributed by atoms with E-state index in [0.717, 1.165) is 38.8 Å². The third-order valence-electron chi connectivity index (χ3n) is 5.82. The van der Waals surface area contributed by atoms with Gasteiger partial charge < -0.3 is 15.0 Å². The van der Waals surface area contributed by atoms with Gasteiger partial charge >= 0.3 is 6.09 Å². The molecular formula is C22H26ClN3O3S. The highest BCUT2D eigenvalue weighted by molar-refractivity contribution is 7.18. The molecule has 1 aromatic heterocycles. The normalized spacial score (nSPS) is 18.3. The fourth-order valence-electron chi connectivity index (χ4n) is 4.14. The zero-order valence-corrected chi connectivity index (χ0v) is 18.6. The smallest absolute Gasteiger partial charge is 0.413 e. The van der Waals surface area contributed by atoms with Gasteiger partial charge in [-0.15, -0.1) is 11.3 Å². The lowest BCUT2D eigenvalue weighted by molar-refractivity contribution is 0.0000575. The minimum absolute atomic E-state index is 0.268. The number of benzene rings is 1. The molecule has 0 bridgehead atoms. The summed E-state index contributed by atoms with van der Waals surface area (Å²) >= 11 is 7.15. The van der Waals surface area contributed by atoms with Crippen LogP contribution in [0.5, 0.6) is 0 Å². The number of fused-ring (bicyclic) bond motifs is 1. The number of hydrogen-bond donors (Lipinski definition) is 2. The average molecular weight is 448 g/mol. The molecule has 2 amide bonds. The Morgan fingerprint density at radius 3 is 2.53 bits per heavy atom. The number of carbonyl (C=O) groups is 2. The first-order valence-electron chi connectivity index (χ1n) is 10.3. The van der Waals surface area contributed by atoms with E-state index in [0.29, 0.717) is 27.7 Å². The van der Waals surface area contributed by atoms with Crippen LogP contribution in [0.4, 0.5) is 10.5 Å². The lowest BCUT2D eigenvalue weighted by Crippen LogP contribution is -2.50. The number of halogens is 1. The van der Waals surface area contributed by atoms with Crippen LogP contribution in [0.25, 0.3) is 0 Å². The van der Waals surface area contributed by atoms with Crippen LogP contribution < -0.4 is 10.6 Å². The van der Waals surface area contributed by atoms with E-state index in [1.807, 2.05) is 12.1 Å². The number of anilines is 1. The molecule has 2 aromatic rings. The van der Waals surface area contributed by atoms with Crippen LogP contribution in [-0.4, -0.2) is 42.8 Å². The van der Waals surface area contributed by atoms with Crippen molar-refractivity contribution in [3.05, 3.63) is 50.7 Å². The summed E-state index contributed by atoms with van der Waals surface area (Å²) in [4.78, 5) is 28.1. The van der Waals surface area contributed by atoms with Crippen molar-refractivity contribution in [2.45, 2.75) is 44.2 Å². The van der Waals surface area contributed by atoms with Gasteiger partial charge in [-0.05, 0) is 68.1 Å². The summed E-state index contributed by atoms with van der Waals surface area (Å²) < 4.78 is 6.32. The summed E-state index contributed by atoms with van der Waals surface area (Å²) in [7, 11) is 2.13. The molecule has 2 heterocycles. The monoisotopic (exact) mass is 447 g/mol. The van der Waals surface area contributed by atoms with Crippen molar-refractivity contribution < 1.29 is 14.3 Å². The third kappa shape index (κ3) is 4.96. The van der Waals surface area contributed by atoms with Crippen molar-refractivity contribution in [1.82, 2.24) is 10.2 Å². The first-order chi connectivity index (χ1) is 14.4. The lowest BCUT2D eigenvalue weighted by Gasteiger charge is -2.30. The van der Waals surface area contributed by atoms with Crippen molar-refractivity contribution in [2.24, 2.45) is 0 Å². The molecule has 160 valence electrons. The van der Waals surface area contributed by atoms with Crippen LogP contribution in [0.3, 0.4) is 0 Å². The zero-order valence-electron chi connectivity index (χ0n) is 17.0. The van der Waals surface area contributed by atoms with E-state index in [4.69, 9.17) is 16.3 Å². The minimum Gasteiger partial charge on any atom is -0.423 e. The summed E-state index contributed by atoms with van der Waals surface area (Å²) in [6.45, 7) is 2.04. The molecule has 30 heavy (non-hydrogen) atoms. The zero-order chi connectivity index (χ0) is 21.1. The second-order valence-electron chi connectivity index (χ2n) is 8.06. The van der Waals surface area contributed by atoms with Crippen LogP contribution in [0.15, 0.2) is 30.3 Å². The van der Waals surface area contributed by atoms with Crippen LogP contribution in [0.2, 0.25) is 4.34 Å². The van der Waals surface area contributed by atoms with E-state index < -0.39 is 11.8 Å². The van der Waals surface area contributed by atoms with Gasteiger partial charge in [0.15, 0.2) is 5.72 Å². The fourth-order valence-corrected chi connectivity index (χ4v) is 5.08. The number of rotatable bonds is 4. The van der Waals surface area contributed by atoms with E-state index in [1.165, 1.54) is 22.5 Å². The summed E-state index contributed by atoms with van der Waals surface area (Å²) in [5.74, 6) is -0.268. The topological polar surface area (TPSA) is 70.7 Å². The van der Waals surface area contributed by atoms with Gasteiger partial charge in [-0.3, -0.25) is 10.1 Å². The number of hydrogen-bond acceptors (Lipinski definition) is 5. The van der Waals surface area contributed by atoms with Crippen LogP contribution in [0.1, 0.15) is 46.5 Å². The van der Waals surface area contributed by atoms with Crippen LogP contribution >= 0.6 is 22.9 Å². The largest absolute Gasteiger partial charge is 0.423 e. The molecule has 6 nitrogen and oxygen atoms in total. The summed E-state index contributed by atoms with van der Waals surface area (Å²) in [6, 6.07) is 9.39. The highest BCUT2D eigenvalue weighted by atomic mass is 35.5. The van der Waals surface area contributed by atoms with E-state index in [9.17, 15) is 9.59 Å². The fraction of sp³-hybridized carbons (Fsp3) is 0.455. The molecule has 0 unspecified atom stereocenters. The Bertz CT molecular complexity index is 939. The number of likely N-dealkylation sites (N-methyl/N-ethyl adjacent to an activating group) is 1. The highest BCUT2D eigenvalue weighted by Gasteiger charge is 2.39. The molecule has 0 atom stereocenters. The molecule has 2 aliphatic rings. The molecule has 4 rings (SSSR count). The molecule has 1 fully saturated rings. The second-order valence-corrected chi connectivity index (χ2v) is 9.78. The minimum atomic E-state index is -0.980. The predicted molar refractivity (Wildman–Crippen MR) is 119 cm³/mol. The Morgan fingerprint density at radius 2 is 1.83 bits per heavy atom. The average Bonchev–Trinajstić information content (AvgIpc) is 3.30. The Labute approximate surface area is 185 Å². The number of ether oxygens (including phenoxy) is 1. The third-order valence-corrected chi connectivity index (χ3v) is 7.05. The summed E-state index contributed by atoms with van der Waals surface area (Å²) in [5.41, 5.74) is 2.32. The number of amides is 2. The van der Waals surface area contributed by atoms with Crippen molar-refractivity contribution in [2.75, 3.05) is 25.5 Å². The maximum atomic E-state index is 12.7. The van der Waals surface area contributed by atoms with E-state index >= 15 is 0 Å². The van der Waals surface area contributed by atoms with Gasteiger partial charge in [0.25, 0.3) is 5.91 Å². The van der Waals surface area contributed by atoms with Gasteiger partial charge in [-0.1, -0.05) is 17.7 Å². The molecule has 0 saturated heterocycles. The van der Waals surface area contributed by atoms with Gasteiger partial charge in [-0.25, -0.2) is 4.79 Å². The number of nitrogens with one attached hydrogen (secondary N) is 2. The van der Waals surface area contributed by atoms with Crippen molar-refractivity contribution in [3.63, 3.8) is 0 Å². The van der Waals surface area contributed by atoms with Gasteiger partial charge in [0.1, 0.15) is 0 Å². The Hall–Kier alpha value is -2.09. The maximum absolute atomic E-state index is 12.7. The molecule has 2 N–H and O–H groups in total. The summed E-state index contributed by atoms with van der Waals surface area (Å²) in [6.07, 6.45) is 4.41. The molecule has 0 radical (unpaired) electrons. The number of carbonyl (C=O) groups excluding carboxylic acids is 2. The molecule has 1 aliphatic heterocycles. The summed E-state index contributed by atoms with van der Waals surface area (Å²) in [5, 5.41) is 5.77. The first kappa shape index (κ1) is 21.2. The SMILES string of the molecule is CN1CCc2ccc(NC(=O)OC3(NC(=O)c4ccc(Cl)s4)CCCC3)cc2CC1. The van der Waals surface area contributed by atoms with Crippen molar-refractivity contribution in [1.29, 1.82) is 0 Å². The van der Waals surface area contributed by atoms with Crippen molar-refractivity contribution >= 4 is 40.6 Å². The Kier molecular flexibility index (Phi) is 6.32. The van der Waals surface area contributed by atoms with Crippen molar-refractivity contribution in [3.8, 4) is 0 Å². The van der Waals surface area contributed by atoms with E-state index in [1.54, 1.807) is 12.1 Å². The number of nitrogens with zero attached hydrogens (tertiary/aromatic N) is 1. The predicted octanol–water partition coefficient (Wildman–Crippen LogP) is 4.68. The Morgan fingerprint density at radius 1 is 1.10 bits per heavy atom. The van der Waals surface area contributed by atoms with Gasteiger partial charge in [0.05, 0.1) is 9.21 Å². The molecule has 8 heteroatoms. The van der Waals surface area contributed by atoms with Crippen LogP contribution in [0, 0.1) is 0 Å².